The quantitative estimate of drug-likeness (QED) is 0.493. The zero-order valence-corrected chi connectivity index (χ0v) is 15.8. The van der Waals surface area contributed by atoms with Crippen molar-refractivity contribution >= 4 is 18.5 Å². The number of hydrogen-bond acceptors (Lipinski definition) is 4. The zero-order chi connectivity index (χ0) is 17.7. The van der Waals surface area contributed by atoms with Gasteiger partial charge < -0.3 is 13.6 Å². The van der Waals surface area contributed by atoms with Gasteiger partial charge in [0.2, 0.25) is 0 Å². The summed E-state index contributed by atoms with van der Waals surface area (Å²) in [6, 6.07) is 24.6. The molecule has 0 aliphatic rings. The number of hydrogen-bond donors (Lipinski definition) is 0. The van der Waals surface area contributed by atoms with Gasteiger partial charge >= 0.3 is 6.72 Å². The predicted octanol–water partition coefficient (Wildman–Crippen LogP) is 6.06. The Bertz CT molecular complexity index is 836. The topological polar surface area (TPSA) is 27.7 Å². The summed E-state index contributed by atoms with van der Waals surface area (Å²) in [5.41, 5.74) is 2.14. The smallest absolute Gasteiger partial charge is 0.407 e. The third kappa shape index (κ3) is 4.62. The maximum absolute atomic E-state index is 6.10. The van der Waals surface area contributed by atoms with E-state index in [0.29, 0.717) is 17.2 Å². The number of benzene rings is 3. The van der Waals surface area contributed by atoms with Gasteiger partial charge in [0.1, 0.15) is 17.2 Å². The van der Waals surface area contributed by atoms with Crippen LogP contribution in [0, 0.1) is 13.8 Å². The van der Waals surface area contributed by atoms with Gasteiger partial charge in [-0.2, -0.15) is 0 Å². The lowest BCUT2D eigenvalue weighted by atomic mass is 10.1. The highest BCUT2D eigenvalue weighted by atomic mass is 32.5. The zero-order valence-electron chi connectivity index (χ0n) is 14.1. The fourth-order valence-electron chi connectivity index (χ4n) is 2.22. The van der Waals surface area contributed by atoms with Crippen molar-refractivity contribution in [2.75, 3.05) is 0 Å². The van der Waals surface area contributed by atoms with Crippen LogP contribution in [0.4, 0.5) is 0 Å². The molecule has 3 nitrogen and oxygen atoms in total. The fourth-order valence-corrected chi connectivity index (χ4v) is 4.29. The Morgan fingerprint density at radius 2 is 1.16 bits per heavy atom. The molecular weight excluding hydrogens is 351 g/mol. The molecule has 0 saturated carbocycles. The Morgan fingerprint density at radius 3 is 1.68 bits per heavy atom. The molecule has 0 amide bonds. The van der Waals surface area contributed by atoms with Gasteiger partial charge in [-0.3, -0.25) is 0 Å². The molecule has 0 aliphatic heterocycles. The highest BCUT2D eigenvalue weighted by Crippen LogP contribution is 2.50. The van der Waals surface area contributed by atoms with E-state index in [2.05, 4.69) is 0 Å². The summed E-state index contributed by atoms with van der Waals surface area (Å²) in [5.74, 6) is 1.91. The first-order valence-electron chi connectivity index (χ1n) is 7.91. The summed E-state index contributed by atoms with van der Waals surface area (Å²) in [4.78, 5) is 0. The lowest BCUT2D eigenvalue weighted by molar-refractivity contribution is 0.383. The van der Waals surface area contributed by atoms with Crippen LogP contribution in [0.3, 0.4) is 0 Å². The van der Waals surface area contributed by atoms with E-state index in [1.165, 1.54) is 0 Å². The van der Waals surface area contributed by atoms with Gasteiger partial charge in [-0.15, -0.1) is 0 Å². The van der Waals surface area contributed by atoms with Crippen molar-refractivity contribution in [2.45, 2.75) is 13.8 Å². The minimum atomic E-state index is -3.10. The third-order valence-corrected chi connectivity index (χ3v) is 5.65. The summed E-state index contributed by atoms with van der Waals surface area (Å²) in [6.45, 7) is 0.926. The van der Waals surface area contributed by atoms with Crippen molar-refractivity contribution < 1.29 is 13.6 Å². The van der Waals surface area contributed by atoms with E-state index in [-0.39, 0.29) is 0 Å². The lowest BCUT2D eigenvalue weighted by Crippen LogP contribution is -2.08. The van der Waals surface area contributed by atoms with Crippen LogP contribution in [-0.2, 0) is 11.8 Å². The molecule has 25 heavy (non-hydrogen) atoms. The Hall–Kier alpha value is -2.29. The van der Waals surface area contributed by atoms with E-state index in [1.807, 2.05) is 92.7 Å². The molecule has 0 radical (unpaired) electrons. The summed E-state index contributed by atoms with van der Waals surface area (Å²) in [7, 11) is 0. The van der Waals surface area contributed by atoms with Gasteiger partial charge in [0.25, 0.3) is 0 Å². The van der Waals surface area contributed by atoms with Crippen molar-refractivity contribution in [2.24, 2.45) is 0 Å². The highest BCUT2D eigenvalue weighted by molar-refractivity contribution is 8.08. The van der Waals surface area contributed by atoms with Crippen LogP contribution in [0.5, 0.6) is 17.2 Å². The average Bonchev–Trinajstić information content (AvgIpc) is 2.60. The molecule has 0 atom stereocenters. The van der Waals surface area contributed by atoms with E-state index in [0.717, 1.165) is 11.1 Å². The lowest BCUT2D eigenvalue weighted by Gasteiger charge is -2.24. The van der Waals surface area contributed by atoms with Crippen LogP contribution in [0.25, 0.3) is 0 Å². The van der Waals surface area contributed by atoms with E-state index in [1.54, 1.807) is 0 Å². The van der Waals surface area contributed by atoms with Crippen LogP contribution in [-0.4, -0.2) is 0 Å². The molecule has 3 rings (SSSR count). The average molecular weight is 370 g/mol. The first-order valence-corrected chi connectivity index (χ1v) is 10.5. The second-order valence-electron chi connectivity index (χ2n) is 5.55. The van der Waals surface area contributed by atoms with E-state index in [4.69, 9.17) is 25.4 Å². The molecule has 0 fully saturated rings. The number of aryl methyl sites for hydroxylation is 1. The van der Waals surface area contributed by atoms with Gasteiger partial charge in [-0.25, -0.2) is 0 Å². The van der Waals surface area contributed by atoms with Crippen molar-refractivity contribution in [1.29, 1.82) is 0 Å². The van der Waals surface area contributed by atoms with Crippen LogP contribution in [0.2, 0.25) is 0 Å². The monoisotopic (exact) mass is 370 g/mol. The summed E-state index contributed by atoms with van der Waals surface area (Å²) < 4.78 is 18.1. The molecule has 5 heteroatoms. The van der Waals surface area contributed by atoms with E-state index < -0.39 is 6.72 Å². The highest BCUT2D eigenvalue weighted by Gasteiger charge is 2.27. The molecule has 3 aromatic rings. The molecule has 0 heterocycles. The summed E-state index contributed by atoms with van der Waals surface area (Å²) in [5, 5.41) is 0. The van der Waals surface area contributed by atoms with Crippen molar-refractivity contribution in [3.63, 3.8) is 0 Å². The van der Waals surface area contributed by atoms with Crippen LogP contribution >= 0.6 is 6.72 Å². The van der Waals surface area contributed by atoms with Crippen molar-refractivity contribution in [3.05, 3.63) is 90.0 Å². The van der Waals surface area contributed by atoms with Gasteiger partial charge in [-0.05, 0) is 55.3 Å². The summed E-state index contributed by atoms with van der Waals surface area (Å²) in [6.07, 6.45) is 0. The maximum atomic E-state index is 6.10. The normalized spacial score (nSPS) is 11.0. The van der Waals surface area contributed by atoms with Crippen LogP contribution in [0.1, 0.15) is 11.1 Å². The second-order valence-corrected chi connectivity index (χ2v) is 8.33. The molecule has 0 unspecified atom stereocenters. The standard InChI is InChI=1S/C20H19O3PS/c1-16-10-9-15-20(17(16)2)23-24(25,21-18-11-5-3-6-12-18)22-19-13-7-4-8-14-19/h3-15H,1-2H3. The largest absolute Gasteiger partial charge is 0.490 e. The number of rotatable bonds is 6. The second kappa shape index (κ2) is 7.73. The Morgan fingerprint density at radius 1 is 0.640 bits per heavy atom. The maximum Gasteiger partial charge on any atom is 0.490 e. The van der Waals surface area contributed by atoms with Crippen LogP contribution < -0.4 is 13.6 Å². The molecular formula is C20H19O3PS. The van der Waals surface area contributed by atoms with E-state index >= 15 is 0 Å². The van der Waals surface area contributed by atoms with Gasteiger partial charge in [0, 0.05) is 11.8 Å². The fraction of sp³-hybridized carbons (Fsp3) is 0.100. The predicted molar refractivity (Wildman–Crippen MR) is 105 cm³/mol. The third-order valence-electron chi connectivity index (χ3n) is 3.69. The minimum absolute atomic E-state index is 0.618. The molecule has 0 N–H and O–H groups in total. The van der Waals surface area contributed by atoms with E-state index in [9.17, 15) is 0 Å². The molecule has 128 valence electrons. The first kappa shape index (κ1) is 17.5. The van der Waals surface area contributed by atoms with Crippen molar-refractivity contribution in [3.8, 4) is 17.2 Å². The molecule has 0 aliphatic carbocycles. The Labute approximate surface area is 153 Å². The first-order chi connectivity index (χ1) is 12.1. The van der Waals surface area contributed by atoms with Gasteiger partial charge in [0.05, 0.1) is 0 Å². The minimum Gasteiger partial charge on any atom is -0.407 e. The van der Waals surface area contributed by atoms with Gasteiger partial charge in [0.15, 0.2) is 0 Å². The molecule has 0 spiro atoms. The van der Waals surface area contributed by atoms with Crippen molar-refractivity contribution in [1.82, 2.24) is 0 Å². The summed E-state index contributed by atoms with van der Waals surface area (Å²) >= 11 is 5.70. The Kier molecular flexibility index (Phi) is 5.42. The molecule has 0 saturated heterocycles. The molecule has 0 bridgehead atoms. The SMILES string of the molecule is Cc1cccc(OP(=S)(Oc2ccccc2)Oc2ccccc2)c1C. The van der Waals surface area contributed by atoms with Gasteiger partial charge in [-0.1, -0.05) is 48.5 Å². The van der Waals surface area contributed by atoms with Crippen LogP contribution in [0.15, 0.2) is 78.9 Å². The molecule has 0 aromatic heterocycles. The molecule has 3 aromatic carbocycles. The number of para-hydroxylation sites is 2. The Balaban J connectivity index is 1.93.